The van der Waals surface area contributed by atoms with Crippen LogP contribution in [0.25, 0.3) is 0 Å². The van der Waals surface area contributed by atoms with Gasteiger partial charge in [0.2, 0.25) is 0 Å². The SMILES string of the molecule is Cc1ncnc(NCCCC#N)c1F. The van der Waals surface area contributed by atoms with Gasteiger partial charge in [0, 0.05) is 13.0 Å². The van der Waals surface area contributed by atoms with Gasteiger partial charge in [-0.05, 0) is 13.3 Å². The molecule has 0 aliphatic carbocycles. The number of anilines is 1. The Kier molecular flexibility index (Phi) is 3.80. The van der Waals surface area contributed by atoms with E-state index in [-0.39, 0.29) is 5.82 Å². The molecule has 0 bridgehead atoms. The van der Waals surface area contributed by atoms with Crippen molar-refractivity contribution in [2.75, 3.05) is 11.9 Å². The number of nitriles is 1. The second-order valence-electron chi connectivity index (χ2n) is 2.81. The van der Waals surface area contributed by atoms with Crippen molar-refractivity contribution in [1.82, 2.24) is 9.97 Å². The van der Waals surface area contributed by atoms with E-state index in [1.54, 1.807) is 6.92 Å². The van der Waals surface area contributed by atoms with Crippen LogP contribution in [0.15, 0.2) is 6.33 Å². The molecule has 0 unspecified atom stereocenters. The first-order valence-corrected chi connectivity index (χ1v) is 4.33. The van der Waals surface area contributed by atoms with Gasteiger partial charge in [0.1, 0.15) is 6.33 Å². The zero-order valence-corrected chi connectivity index (χ0v) is 7.92. The molecule has 1 rings (SSSR count). The van der Waals surface area contributed by atoms with Gasteiger partial charge in [-0.25, -0.2) is 14.4 Å². The number of nitrogens with one attached hydrogen (secondary N) is 1. The lowest BCUT2D eigenvalue weighted by atomic mass is 10.3. The monoisotopic (exact) mass is 194 g/mol. The highest BCUT2D eigenvalue weighted by atomic mass is 19.1. The predicted octanol–water partition coefficient (Wildman–Crippen LogP) is 1.64. The van der Waals surface area contributed by atoms with E-state index in [1.807, 2.05) is 6.07 Å². The van der Waals surface area contributed by atoms with Crippen LogP contribution in [0.5, 0.6) is 0 Å². The summed E-state index contributed by atoms with van der Waals surface area (Å²) < 4.78 is 13.3. The number of aryl methyl sites for hydroxylation is 1. The van der Waals surface area contributed by atoms with Gasteiger partial charge in [-0.2, -0.15) is 5.26 Å². The van der Waals surface area contributed by atoms with Crippen LogP contribution < -0.4 is 5.32 Å². The molecule has 74 valence electrons. The second kappa shape index (κ2) is 5.12. The van der Waals surface area contributed by atoms with Gasteiger partial charge < -0.3 is 5.32 Å². The molecular formula is C9H11FN4. The maximum absolute atomic E-state index is 13.3. The number of hydrogen-bond donors (Lipinski definition) is 1. The van der Waals surface area contributed by atoms with E-state index in [0.29, 0.717) is 25.1 Å². The Morgan fingerprint density at radius 2 is 2.36 bits per heavy atom. The number of rotatable bonds is 4. The number of aromatic nitrogens is 2. The highest BCUT2D eigenvalue weighted by molar-refractivity contribution is 5.36. The molecule has 0 aromatic carbocycles. The van der Waals surface area contributed by atoms with E-state index in [9.17, 15) is 4.39 Å². The summed E-state index contributed by atoms with van der Waals surface area (Å²) in [6, 6.07) is 2.01. The lowest BCUT2D eigenvalue weighted by molar-refractivity contribution is 0.604. The summed E-state index contributed by atoms with van der Waals surface area (Å²) in [5.74, 6) is -0.222. The average molecular weight is 194 g/mol. The lowest BCUT2D eigenvalue weighted by Crippen LogP contribution is -2.06. The second-order valence-corrected chi connectivity index (χ2v) is 2.81. The fourth-order valence-electron chi connectivity index (χ4n) is 0.955. The zero-order chi connectivity index (χ0) is 10.4. The molecule has 0 aliphatic heterocycles. The maximum Gasteiger partial charge on any atom is 0.186 e. The predicted molar refractivity (Wildman–Crippen MR) is 50.1 cm³/mol. The third-order valence-corrected chi connectivity index (χ3v) is 1.72. The molecule has 1 N–H and O–H groups in total. The molecule has 1 heterocycles. The number of unbranched alkanes of at least 4 members (excludes halogenated alkanes) is 1. The van der Waals surface area contributed by atoms with E-state index < -0.39 is 5.82 Å². The molecule has 0 aliphatic rings. The van der Waals surface area contributed by atoms with E-state index in [0.717, 1.165) is 0 Å². The number of halogens is 1. The van der Waals surface area contributed by atoms with E-state index in [1.165, 1.54) is 6.33 Å². The Balaban J connectivity index is 2.51. The third-order valence-electron chi connectivity index (χ3n) is 1.72. The third kappa shape index (κ3) is 2.66. The van der Waals surface area contributed by atoms with Gasteiger partial charge in [-0.15, -0.1) is 0 Å². The lowest BCUT2D eigenvalue weighted by Gasteiger charge is -2.05. The Morgan fingerprint density at radius 3 is 3.07 bits per heavy atom. The van der Waals surface area contributed by atoms with Gasteiger partial charge in [-0.1, -0.05) is 0 Å². The summed E-state index contributed by atoms with van der Waals surface area (Å²) in [7, 11) is 0. The first-order chi connectivity index (χ1) is 6.75. The van der Waals surface area contributed by atoms with Gasteiger partial charge in [-0.3, -0.25) is 0 Å². The first kappa shape index (κ1) is 10.4. The fourth-order valence-corrected chi connectivity index (χ4v) is 0.955. The summed E-state index contributed by atoms with van der Waals surface area (Å²) in [6.07, 6.45) is 2.45. The highest BCUT2D eigenvalue weighted by Gasteiger charge is 2.05. The molecule has 14 heavy (non-hydrogen) atoms. The van der Waals surface area contributed by atoms with Crippen LogP contribution in [0.3, 0.4) is 0 Å². The van der Waals surface area contributed by atoms with Crippen LogP contribution in [-0.4, -0.2) is 16.5 Å². The quantitative estimate of drug-likeness (QED) is 0.740. The Bertz CT molecular complexity index is 345. The molecule has 4 nitrogen and oxygen atoms in total. The number of hydrogen-bond acceptors (Lipinski definition) is 4. The highest BCUT2D eigenvalue weighted by Crippen LogP contribution is 2.11. The van der Waals surface area contributed by atoms with Crippen molar-refractivity contribution in [3.05, 3.63) is 17.8 Å². The minimum Gasteiger partial charge on any atom is -0.367 e. The standard InChI is InChI=1S/C9H11FN4/c1-7-8(10)9(14-6-13-7)12-5-3-2-4-11/h6H,2-3,5H2,1H3,(H,12,13,14). The summed E-state index contributed by atoms with van der Waals surface area (Å²) in [5, 5.41) is 11.1. The molecule has 0 atom stereocenters. The molecule has 0 saturated carbocycles. The zero-order valence-electron chi connectivity index (χ0n) is 7.92. The summed E-state index contributed by atoms with van der Waals surface area (Å²) >= 11 is 0. The Labute approximate surface area is 81.8 Å². The molecular weight excluding hydrogens is 183 g/mol. The van der Waals surface area contributed by atoms with Crippen LogP contribution in [-0.2, 0) is 0 Å². The van der Waals surface area contributed by atoms with Gasteiger partial charge in [0.15, 0.2) is 11.6 Å². The maximum atomic E-state index is 13.3. The van der Waals surface area contributed by atoms with Gasteiger partial charge >= 0.3 is 0 Å². The number of nitrogens with zero attached hydrogens (tertiary/aromatic N) is 3. The van der Waals surface area contributed by atoms with Crippen molar-refractivity contribution < 1.29 is 4.39 Å². The van der Waals surface area contributed by atoms with Crippen molar-refractivity contribution in [2.24, 2.45) is 0 Å². The van der Waals surface area contributed by atoms with E-state index in [4.69, 9.17) is 5.26 Å². The molecule has 5 heteroatoms. The van der Waals surface area contributed by atoms with Crippen LogP contribution in [0, 0.1) is 24.1 Å². The van der Waals surface area contributed by atoms with Crippen LogP contribution >= 0.6 is 0 Å². The normalized spacial score (nSPS) is 9.50. The minimum atomic E-state index is -0.426. The molecule has 0 amide bonds. The minimum absolute atomic E-state index is 0.204. The molecule has 1 aromatic rings. The smallest absolute Gasteiger partial charge is 0.186 e. The first-order valence-electron chi connectivity index (χ1n) is 4.33. The van der Waals surface area contributed by atoms with Crippen LogP contribution in [0.2, 0.25) is 0 Å². The van der Waals surface area contributed by atoms with Crippen LogP contribution in [0.4, 0.5) is 10.2 Å². The van der Waals surface area contributed by atoms with Gasteiger partial charge in [0.25, 0.3) is 0 Å². The van der Waals surface area contributed by atoms with E-state index in [2.05, 4.69) is 15.3 Å². The van der Waals surface area contributed by atoms with Crippen LogP contribution in [0.1, 0.15) is 18.5 Å². The Morgan fingerprint density at radius 1 is 1.57 bits per heavy atom. The average Bonchev–Trinajstić information content (AvgIpc) is 2.19. The molecule has 0 radical (unpaired) electrons. The topological polar surface area (TPSA) is 61.6 Å². The van der Waals surface area contributed by atoms with Crippen molar-refractivity contribution in [3.63, 3.8) is 0 Å². The molecule has 0 spiro atoms. The van der Waals surface area contributed by atoms with Crippen molar-refractivity contribution in [3.8, 4) is 6.07 Å². The molecule has 0 saturated heterocycles. The van der Waals surface area contributed by atoms with Crippen molar-refractivity contribution >= 4 is 5.82 Å². The molecule has 0 fully saturated rings. The summed E-state index contributed by atoms with van der Waals surface area (Å²) in [6.45, 7) is 2.12. The van der Waals surface area contributed by atoms with Crippen molar-refractivity contribution in [1.29, 1.82) is 5.26 Å². The van der Waals surface area contributed by atoms with Crippen molar-refractivity contribution in [2.45, 2.75) is 19.8 Å². The van der Waals surface area contributed by atoms with Gasteiger partial charge in [0.05, 0.1) is 11.8 Å². The largest absolute Gasteiger partial charge is 0.367 e. The fraction of sp³-hybridized carbons (Fsp3) is 0.444. The summed E-state index contributed by atoms with van der Waals surface area (Å²) in [4.78, 5) is 7.46. The summed E-state index contributed by atoms with van der Waals surface area (Å²) in [5.41, 5.74) is 0.322. The Hall–Kier alpha value is -1.70. The molecule has 1 aromatic heterocycles. The van der Waals surface area contributed by atoms with E-state index >= 15 is 0 Å².